The Labute approximate surface area is 128 Å². The van der Waals surface area contributed by atoms with Crippen LogP contribution in [0, 0.1) is 5.92 Å². The molecular weight excluding hydrogens is 282 g/mol. The van der Waals surface area contributed by atoms with Crippen LogP contribution in [0.5, 0.6) is 0 Å². The molecule has 1 saturated heterocycles. The Bertz CT molecular complexity index is 574. The summed E-state index contributed by atoms with van der Waals surface area (Å²) >= 11 is 1.55. The van der Waals surface area contributed by atoms with E-state index in [0.29, 0.717) is 0 Å². The van der Waals surface area contributed by atoms with Crippen molar-refractivity contribution in [2.24, 2.45) is 5.92 Å². The van der Waals surface area contributed by atoms with Crippen LogP contribution in [0.4, 0.5) is 0 Å². The fraction of sp³-hybridized carbons (Fsp3) is 0.353. The molecule has 21 heavy (non-hydrogen) atoms. The number of benzene rings is 1. The summed E-state index contributed by atoms with van der Waals surface area (Å²) in [7, 11) is 0. The minimum absolute atomic E-state index is 0.115. The van der Waals surface area contributed by atoms with Crippen molar-refractivity contribution >= 4 is 17.2 Å². The maximum Gasteiger partial charge on any atom is 0.254 e. The molecule has 4 heteroatoms. The van der Waals surface area contributed by atoms with Crippen LogP contribution < -0.4 is 0 Å². The van der Waals surface area contributed by atoms with Gasteiger partial charge in [-0.3, -0.25) is 4.79 Å². The minimum Gasteiger partial charge on any atom is -0.388 e. The van der Waals surface area contributed by atoms with Gasteiger partial charge in [0.15, 0.2) is 0 Å². The summed E-state index contributed by atoms with van der Waals surface area (Å²) in [6.45, 7) is 1.45. The molecule has 1 aliphatic heterocycles. The predicted octanol–water partition coefficient (Wildman–Crippen LogP) is 3.33. The number of hydrogen-bond donors (Lipinski definition) is 1. The summed E-state index contributed by atoms with van der Waals surface area (Å²) in [5.74, 6) is 0.350. The van der Waals surface area contributed by atoms with Crippen molar-refractivity contribution in [1.29, 1.82) is 0 Å². The first-order valence-corrected chi connectivity index (χ1v) is 8.24. The number of piperidine rings is 1. The zero-order chi connectivity index (χ0) is 14.7. The van der Waals surface area contributed by atoms with Crippen LogP contribution in [0.25, 0.3) is 0 Å². The number of carbonyl (C=O) groups excluding carboxylic acids is 1. The number of aliphatic hydroxyl groups is 1. The van der Waals surface area contributed by atoms with Crippen LogP contribution in [0.2, 0.25) is 0 Å². The van der Waals surface area contributed by atoms with Crippen LogP contribution >= 0.6 is 11.3 Å². The Morgan fingerprint density at radius 1 is 1.19 bits per heavy atom. The van der Waals surface area contributed by atoms with Crippen molar-refractivity contribution < 1.29 is 9.90 Å². The Balaban J connectivity index is 1.59. The first kappa shape index (κ1) is 14.3. The molecule has 110 valence electrons. The third-order valence-electron chi connectivity index (χ3n) is 4.18. The molecule has 1 amide bonds. The van der Waals surface area contributed by atoms with Crippen LogP contribution in [0.3, 0.4) is 0 Å². The van der Waals surface area contributed by atoms with Gasteiger partial charge in [-0.25, -0.2) is 0 Å². The van der Waals surface area contributed by atoms with Crippen molar-refractivity contribution in [3.63, 3.8) is 0 Å². The zero-order valence-corrected chi connectivity index (χ0v) is 12.6. The third kappa shape index (κ3) is 3.17. The zero-order valence-electron chi connectivity index (χ0n) is 11.8. The lowest BCUT2D eigenvalue weighted by Crippen LogP contribution is -2.39. The number of hydrogen-bond acceptors (Lipinski definition) is 3. The van der Waals surface area contributed by atoms with Crippen molar-refractivity contribution in [3.05, 3.63) is 58.3 Å². The van der Waals surface area contributed by atoms with Gasteiger partial charge in [-0.2, -0.15) is 11.3 Å². The second-order valence-corrected chi connectivity index (χ2v) is 6.28. The molecule has 0 radical (unpaired) electrons. The molecule has 2 heterocycles. The molecule has 1 N–H and O–H groups in total. The second kappa shape index (κ2) is 6.41. The minimum atomic E-state index is -0.426. The smallest absolute Gasteiger partial charge is 0.254 e. The Kier molecular flexibility index (Phi) is 4.36. The van der Waals surface area contributed by atoms with Gasteiger partial charge in [-0.05, 0) is 35.8 Å². The van der Waals surface area contributed by atoms with Gasteiger partial charge in [0.05, 0.1) is 11.7 Å². The highest BCUT2D eigenvalue weighted by atomic mass is 32.1. The van der Waals surface area contributed by atoms with Gasteiger partial charge in [0, 0.05) is 18.5 Å². The SMILES string of the molecule is O=C(c1ccsc1)N1CCC(C(O)c2ccccc2)CC1. The summed E-state index contributed by atoms with van der Waals surface area (Å²) in [5, 5.41) is 14.3. The highest BCUT2D eigenvalue weighted by Gasteiger charge is 2.28. The van der Waals surface area contributed by atoms with E-state index in [1.165, 1.54) is 0 Å². The van der Waals surface area contributed by atoms with Crippen LogP contribution in [0.1, 0.15) is 34.9 Å². The summed E-state index contributed by atoms with van der Waals surface area (Å²) in [5.41, 5.74) is 1.75. The van der Waals surface area contributed by atoms with E-state index in [0.717, 1.165) is 37.1 Å². The quantitative estimate of drug-likeness (QED) is 0.944. The second-order valence-electron chi connectivity index (χ2n) is 5.50. The van der Waals surface area contributed by atoms with E-state index in [1.807, 2.05) is 52.1 Å². The number of aliphatic hydroxyl groups excluding tert-OH is 1. The molecule has 1 atom stereocenters. The van der Waals surface area contributed by atoms with Gasteiger partial charge < -0.3 is 10.0 Å². The Hall–Kier alpha value is -1.65. The van der Waals surface area contributed by atoms with Gasteiger partial charge in [0.1, 0.15) is 0 Å². The summed E-state index contributed by atoms with van der Waals surface area (Å²) in [6.07, 6.45) is 1.28. The molecule has 3 rings (SSSR count). The standard InChI is InChI=1S/C17H19NO2S/c19-16(13-4-2-1-3-5-13)14-6-9-18(10-7-14)17(20)15-8-11-21-12-15/h1-5,8,11-12,14,16,19H,6-7,9-10H2. The van der Waals surface area contributed by atoms with Gasteiger partial charge in [-0.1, -0.05) is 30.3 Å². The summed E-state index contributed by atoms with van der Waals surface area (Å²) in [4.78, 5) is 14.2. The topological polar surface area (TPSA) is 40.5 Å². The van der Waals surface area contributed by atoms with Gasteiger partial charge in [0.2, 0.25) is 0 Å². The molecule has 3 nitrogen and oxygen atoms in total. The number of amides is 1. The lowest BCUT2D eigenvalue weighted by molar-refractivity contribution is 0.0462. The Morgan fingerprint density at radius 3 is 2.52 bits per heavy atom. The molecular formula is C17H19NO2S. The number of nitrogens with zero attached hydrogens (tertiary/aromatic N) is 1. The monoisotopic (exact) mass is 301 g/mol. The number of carbonyl (C=O) groups is 1. The molecule has 0 saturated carbocycles. The average Bonchev–Trinajstić information content (AvgIpc) is 3.09. The normalized spacial score (nSPS) is 17.7. The highest BCUT2D eigenvalue weighted by Crippen LogP contribution is 2.31. The van der Waals surface area contributed by atoms with E-state index in [2.05, 4.69) is 0 Å². The largest absolute Gasteiger partial charge is 0.388 e. The lowest BCUT2D eigenvalue weighted by Gasteiger charge is -2.34. The molecule has 1 unspecified atom stereocenters. The van der Waals surface area contributed by atoms with Crippen LogP contribution in [0.15, 0.2) is 47.2 Å². The fourth-order valence-electron chi connectivity index (χ4n) is 2.91. The molecule has 1 fully saturated rings. The number of rotatable bonds is 3. The molecule has 0 bridgehead atoms. The van der Waals surface area contributed by atoms with Crippen molar-refractivity contribution in [2.45, 2.75) is 18.9 Å². The first-order valence-electron chi connectivity index (χ1n) is 7.30. The average molecular weight is 301 g/mol. The molecule has 0 aliphatic carbocycles. The van der Waals surface area contributed by atoms with Crippen molar-refractivity contribution in [1.82, 2.24) is 4.90 Å². The number of thiophene rings is 1. The van der Waals surface area contributed by atoms with E-state index in [4.69, 9.17) is 0 Å². The molecule has 2 aromatic rings. The summed E-state index contributed by atoms with van der Waals surface area (Å²) in [6, 6.07) is 11.7. The predicted molar refractivity (Wildman–Crippen MR) is 84.3 cm³/mol. The van der Waals surface area contributed by atoms with Gasteiger partial charge in [0.25, 0.3) is 5.91 Å². The van der Waals surface area contributed by atoms with Gasteiger partial charge in [-0.15, -0.1) is 0 Å². The summed E-state index contributed by atoms with van der Waals surface area (Å²) < 4.78 is 0. The van der Waals surface area contributed by atoms with Crippen LogP contribution in [-0.4, -0.2) is 29.0 Å². The van der Waals surface area contributed by atoms with Crippen molar-refractivity contribution in [2.75, 3.05) is 13.1 Å². The maximum absolute atomic E-state index is 12.3. The molecule has 1 aromatic heterocycles. The van der Waals surface area contributed by atoms with E-state index in [1.54, 1.807) is 11.3 Å². The molecule has 1 aliphatic rings. The third-order valence-corrected chi connectivity index (χ3v) is 4.87. The maximum atomic E-state index is 12.3. The fourth-order valence-corrected chi connectivity index (χ4v) is 3.54. The molecule has 1 aromatic carbocycles. The van der Waals surface area contributed by atoms with E-state index in [9.17, 15) is 9.90 Å². The van der Waals surface area contributed by atoms with Crippen LogP contribution in [-0.2, 0) is 0 Å². The van der Waals surface area contributed by atoms with E-state index >= 15 is 0 Å². The van der Waals surface area contributed by atoms with E-state index in [-0.39, 0.29) is 11.8 Å². The number of likely N-dealkylation sites (tertiary alicyclic amines) is 1. The molecule has 0 spiro atoms. The Morgan fingerprint density at radius 2 is 1.90 bits per heavy atom. The van der Waals surface area contributed by atoms with Gasteiger partial charge >= 0.3 is 0 Å². The van der Waals surface area contributed by atoms with Crippen molar-refractivity contribution in [3.8, 4) is 0 Å². The lowest BCUT2D eigenvalue weighted by atomic mass is 9.87. The van der Waals surface area contributed by atoms with E-state index < -0.39 is 6.10 Å². The highest BCUT2D eigenvalue weighted by molar-refractivity contribution is 7.08. The first-order chi connectivity index (χ1) is 10.3.